The number of nitrogens with two attached hydrogens (primary N) is 1. The first kappa shape index (κ1) is 8.20. The smallest absolute Gasteiger partial charge is 0.230 e. The zero-order chi connectivity index (χ0) is 8.27. The van der Waals surface area contributed by atoms with Crippen molar-refractivity contribution in [2.24, 2.45) is 5.73 Å². The molecule has 0 saturated heterocycles. The number of nitrogens with one attached hydrogen (secondary N) is 1. The summed E-state index contributed by atoms with van der Waals surface area (Å²) in [5.74, 6) is -0.287. The van der Waals surface area contributed by atoms with Gasteiger partial charge < -0.3 is 10.7 Å². The molecule has 1 aromatic rings. The molecule has 60 valence electrons. The number of aromatic nitrogens is 1. The molecule has 0 aliphatic heterocycles. The van der Waals surface area contributed by atoms with E-state index in [1.807, 2.05) is 18.3 Å². The fraction of sp³-hybridized carbons (Fsp3) is 0.286. The molecule has 0 aliphatic carbocycles. The third-order valence-electron chi connectivity index (χ3n) is 1.27. The molecule has 0 aliphatic rings. The highest BCUT2D eigenvalue weighted by atomic mass is 32.2. The molecule has 1 heterocycles. The number of carbonyl (C=O) groups excluding carboxylic acids is 1. The number of hydrogen-bond acceptors (Lipinski definition) is 2. The summed E-state index contributed by atoms with van der Waals surface area (Å²) in [5.41, 5.74) is 5.08. The standard InChI is InChI=1S/C7H10N2OS/c1-5(7(8)10)11-6-3-2-4-9-6/h2-5,9H,1H3,(H2,8,10). The lowest BCUT2D eigenvalue weighted by Gasteiger charge is -2.03. The molecular formula is C7H10N2OS. The van der Waals surface area contributed by atoms with Crippen LogP contribution >= 0.6 is 11.8 Å². The Balaban J connectivity index is 2.50. The number of carbonyl (C=O) groups is 1. The first-order chi connectivity index (χ1) is 5.20. The van der Waals surface area contributed by atoms with Gasteiger partial charge in [-0.15, -0.1) is 0 Å². The van der Waals surface area contributed by atoms with E-state index < -0.39 is 0 Å². The van der Waals surface area contributed by atoms with Crippen LogP contribution in [0.2, 0.25) is 0 Å². The van der Waals surface area contributed by atoms with Gasteiger partial charge in [-0.05, 0) is 19.1 Å². The summed E-state index contributed by atoms with van der Waals surface area (Å²) < 4.78 is 0. The van der Waals surface area contributed by atoms with Gasteiger partial charge in [-0.3, -0.25) is 4.79 Å². The summed E-state index contributed by atoms with van der Waals surface area (Å²) in [6.45, 7) is 1.79. The van der Waals surface area contributed by atoms with Crippen molar-refractivity contribution < 1.29 is 4.79 Å². The molecule has 3 N–H and O–H groups in total. The maximum absolute atomic E-state index is 10.6. The van der Waals surface area contributed by atoms with Crippen molar-refractivity contribution in [1.29, 1.82) is 0 Å². The molecule has 0 aromatic carbocycles. The third kappa shape index (κ3) is 2.31. The van der Waals surface area contributed by atoms with Gasteiger partial charge in [0.15, 0.2) is 0 Å². The van der Waals surface area contributed by atoms with E-state index in [9.17, 15) is 4.79 Å². The van der Waals surface area contributed by atoms with Crippen LogP contribution in [0.15, 0.2) is 23.4 Å². The summed E-state index contributed by atoms with van der Waals surface area (Å²) >= 11 is 1.43. The monoisotopic (exact) mass is 170 g/mol. The second kappa shape index (κ2) is 3.48. The number of rotatable bonds is 3. The lowest BCUT2D eigenvalue weighted by atomic mass is 10.5. The Morgan fingerprint density at radius 1 is 1.82 bits per heavy atom. The van der Waals surface area contributed by atoms with E-state index in [2.05, 4.69) is 4.98 Å². The van der Waals surface area contributed by atoms with Gasteiger partial charge in [-0.2, -0.15) is 0 Å². The van der Waals surface area contributed by atoms with Gasteiger partial charge in [0.1, 0.15) is 0 Å². The molecule has 0 radical (unpaired) electrons. The van der Waals surface area contributed by atoms with Crippen molar-refractivity contribution in [2.75, 3.05) is 0 Å². The Kier molecular flexibility index (Phi) is 2.59. The molecule has 0 bridgehead atoms. The zero-order valence-electron chi connectivity index (χ0n) is 6.20. The highest BCUT2D eigenvalue weighted by Crippen LogP contribution is 2.19. The zero-order valence-corrected chi connectivity index (χ0v) is 7.02. The van der Waals surface area contributed by atoms with Gasteiger partial charge in [-0.25, -0.2) is 0 Å². The van der Waals surface area contributed by atoms with Gasteiger partial charge >= 0.3 is 0 Å². The summed E-state index contributed by atoms with van der Waals surface area (Å²) in [7, 11) is 0. The number of thioether (sulfide) groups is 1. The number of amides is 1. The van der Waals surface area contributed by atoms with E-state index in [4.69, 9.17) is 5.73 Å². The first-order valence-electron chi connectivity index (χ1n) is 3.29. The van der Waals surface area contributed by atoms with E-state index in [1.54, 1.807) is 6.92 Å². The number of H-pyrrole nitrogens is 1. The molecular weight excluding hydrogens is 160 g/mol. The SMILES string of the molecule is CC(Sc1ccc[nH]1)C(N)=O. The Labute approximate surface area is 69.4 Å². The highest BCUT2D eigenvalue weighted by molar-refractivity contribution is 8.00. The van der Waals surface area contributed by atoms with Gasteiger partial charge in [0.25, 0.3) is 0 Å². The van der Waals surface area contributed by atoms with Crippen molar-refractivity contribution >= 4 is 17.7 Å². The molecule has 3 nitrogen and oxygen atoms in total. The van der Waals surface area contributed by atoms with Crippen LogP contribution in [-0.4, -0.2) is 16.1 Å². The second-order valence-corrected chi connectivity index (χ2v) is 3.58. The van der Waals surface area contributed by atoms with E-state index in [1.165, 1.54) is 11.8 Å². The van der Waals surface area contributed by atoms with Crippen molar-refractivity contribution in [3.63, 3.8) is 0 Å². The van der Waals surface area contributed by atoms with E-state index in [0.717, 1.165) is 5.03 Å². The largest absolute Gasteiger partial charge is 0.369 e. The van der Waals surface area contributed by atoms with Gasteiger partial charge in [-0.1, -0.05) is 11.8 Å². The van der Waals surface area contributed by atoms with Crippen molar-refractivity contribution in [2.45, 2.75) is 17.2 Å². The molecule has 1 unspecified atom stereocenters. The summed E-state index contributed by atoms with van der Waals surface area (Å²) in [6, 6.07) is 3.79. The minimum Gasteiger partial charge on any atom is -0.369 e. The Hall–Kier alpha value is -0.900. The van der Waals surface area contributed by atoms with Crippen LogP contribution < -0.4 is 5.73 Å². The Bertz CT molecular complexity index is 233. The summed E-state index contributed by atoms with van der Waals surface area (Å²) in [4.78, 5) is 13.6. The van der Waals surface area contributed by atoms with Crippen molar-refractivity contribution in [3.8, 4) is 0 Å². The van der Waals surface area contributed by atoms with E-state index >= 15 is 0 Å². The van der Waals surface area contributed by atoms with E-state index in [-0.39, 0.29) is 11.2 Å². The van der Waals surface area contributed by atoms with Gasteiger partial charge in [0, 0.05) is 6.20 Å². The van der Waals surface area contributed by atoms with Crippen LogP contribution in [0.3, 0.4) is 0 Å². The van der Waals surface area contributed by atoms with Crippen molar-refractivity contribution in [3.05, 3.63) is 18.3 Å². The minimum atomic E-state index is -0.287. The summed E-state index contributed by atoms with van der Waals surface area (Å²) in [5, 5.41) is 0.796. The van der Waals surface area contributed by atoms with Gasteiger partial charge in [0.05, 0.1) is 10.3 Å². The fourth-order valence-corrected chi connectivity index (χ4v) is 1.43. The number of aromatic amines is 1. The molecule has 1 atom stereocenters. The number of primary amides is 1. The maximum Gasteiger partial charge on any atom is 0.230 e. The highest BCUT2D eigenvalue weighted by Gasteiger charge is 2.09. The average Bonchev–Trinajstić information content (AvgIpc) is 2.39. The first-order valence-corrected chi connectivity index (χ1v) is 4.17. The molecule has 1 rings (SSSR count). The molecule has 1 amide bonds. The van der Waals surface area contributed by atoms with Crippen LogP contribution in [0, 0.1) is 0 Å². The second-order valence-electron chi connectivity index (χ2n) is 2.20. The molecule has 11 heavy (non-hydrogen) atoms. The molecule has 1 aromatic heterocycles. The lowest BCUT2D eigenvalue weighted by molar-refractivity contribution is -0.117. The predicted molar refractivity (Wildman–Crippen MR) is 45.3 cm³/mol. The van der Waals surface area contributed by atoms with Crippen LogP contribution in [0.5, 0.6) is 0 Å². The Morgan fingerprint density at radius 2 is 2.55 bits per heavy atom. The van der Waals surface area contributed by atoms with Crippen LogP contribution in [-0.2, 0) is 4.79 Å². The van der Waals surface area contributed by atoms with Crippen LogP contribution in [0.1, 0.15) is 6.92 Å². The normalized spacial score (nSPS) is 12.8. The third-order valence-corrected chi connectivity index (χ3v) is 2.37. The molecule has 0 spiro atoms. The lowest BCUT2D eigenvalue weighted by Crippen LogP contribution is -2.22. The average molecular weight is 170 g/mol. The van der Waals surface area contributed by atoms with Crippen LogP contribution in [0.4, 0.5) is 0 Å². The summed E-state index contributed by atoms with van der Waals surface area (Å²) in [6.07, 6.45) is 1.82. The molecule has 0 fully saturated rings. The van der Waals surface area contributed by atoms with E-state index in [0.29, 0.717) is 0 Å². The van der Waals surface area contributed by atoms with Crippen LogP contribution in [0.25, 0.3) is 0 Å². The molecule has 0 saturated carbocycles. The minimum absolute atomic E-state index is 0.173. The van der Waals surface area contributed by atoms with Gasteiger partial charge in [0.2, 0.25) is 5.91 Å². The number of hydrogen-bond donors (Lipinski definition) is 2. The maximum atomic E-state index is 10.6. The predicted octanol–water partition coefficient (Wildman–Crippen LogP) is 0.981. The topological polar surface area (TPSA) is 58.9 Å². The molecule has 4 heteroatoms. The Morgan fingerprint density at radius 3 is 3.00 bits per heavy atom. The fourth-order valence-electron chi connectivity index (χ4n) is 0.636. The quantitative estimate of drug-likeness (QED) is 0.664. The van der Waals surface area contributed by atoms with Crippen molar-refractivity contribution in [1.82, 2.24) is 4.98 Å².